The van der Waals surface area contributed by atoms with Crippen molar-refractivity contribution in [2.75, 3.05) is 12.0 Å². The fraction of sp³-hybridized carbons (Fsp3) is 0.357. The van der Waals surface area contributed by atoms with Crippen LogP contribution in [0.4, 0.5) is 11.4 Å². The number of allylic oxidation sites excluding steroid dienone is 1. The molecule has 0 saturated carbocycles. The van der Waals surface area contributed by atoms with Gasteiger partial charge in [-0.25, -0.2) is 0 Å². The van der Waals surface area contributed by atoms with Gasteiger partial charge in [0.25, 0.3) is 5.69 Å². The summed E-state index contributed by atoms with van der Waals surface area (Å²) >= 11 is 0. The third-order valence-corrected chi connectivity index (χ3v) is 2.79. The minimum absolute atomic E-state index is 0.0467. The molecule has 1 fully saturated rings. The number of hydrogen-bond acceptors (Lipinski definition) is 6. The number of ether oxygens (including phenoxy) is 2. The summed E-state index contributed by atoms with van der Waals surface area (Å²) < 4.78 is 11.0. The van der Waals surface area contributed by atoms with Crippen molar-refractivity contribution in [2.24, 2.45) is 5.10 Å². The van der Waals surface area contributed by atoms with E-state index in [9.17, 15) is 10.1 Å². The predicted octanol–water partition coefficient (Wildman–Crippen LogP) is 2.70. The van der Waals surface area contributed by atoms with E-state index >= 15 is 0 Å². The molecule has 1 aliphatic rings. The summed E-state index contributed by atoms with van der Waals surface area (Å²) in [5, 5.41) is 14.5. The van der Waals surface area contributed by atoms with Crippen molar-refractivity contribution in [3.63, 3.8) is 0 Å². The predicted molar refractivity (Wildman–Crippen MR) is 79.3 cm³/mol. The molecule has 1 heterocycles. The summed E-state index contributed by atoms with van der Waals surface area (Å²) in [4.78, 5) is 10.1. The van der Waals surface area contributed by atoms with Gasteiger partial charge in [-0.2, -0.15) is 5.10 Å². The molecule has 0 spiro atoms. The number of anilines is 1. The molecule has 0 aromatic heterocycles. The molecule has 0 aliphatic carbocycles. The fourth-order valence-electron chi connectivity index (χ4n) is 1.80. The lowest BCUT2D eigenvalue weighted by atomic mass is 10.3. The summed E-state index contributed by atoms with van der Waals surface area (Å²) in [6.07, 6.45) is 5.12. The van der Waals surface area contributed by atoms with Gasteiger partial charge < -0.3 is 9.47 Å². The largest absolute Gasteiger partial charge is 0.347 e. The Labute approximate surface area is 122 Å². The Hall–Kier alpha value is -2.25. The normalized spacial score (nSPS) is 21.1. The van der Waals surface area contributed by atoms with E-state index in [1.807, 2.05) is 19.9 Å². The molecule has 2 rings (SSSR count). The summed E-state index contributed by atoms with van der Waals surface area (Å²) in [7, 11) is 0. The Morgan fingerprint density at radius 2 is 2.14 bits per heavy atom. The van der Waals surface area contributed by atoms with Crippen LogP contribution in [0, 0.1) is 10.1 Å². The number of hydrazone groups is 1. The number of nitrogens with one attached hydrogen (secondary N) is 1. The number of nitro groups is 1. The molecule has 1 atom stereocenters. The van der Waals surface area contributed by atoms with Crippen LogP contribution in [0.3, 0.4) is 0 Å². The minimum atomic E-state index is -0.539. The molecule has 0 bridgehead atoms. The van der Waals surface area contributed by atoms with Crippen molar-refractivity contribution in [3.05, 3.63) is 46.5 Å². The molecule has 1 unspecified atom stereocenters. The summed E-state index contributed by atoms with van der Waals surface area (Å²) in [6.45, 7) is 4.25. The number of rotatable bonds is 5. The Kier molecular flexibility index (Phi) is 4.66. The van der Waals surface area contributed by atoms with Crippen molar-refractivity contribution < 1.29 is 14.4 Å². The van der Waals surface area contributed by atoms with Crippen LogP contribution in [-0.2, 0) is 9.47 Å². The second kappa shape index (κ2) is 6.47. The number of non-ortho nitro benzene ring substituents is 1. The van der Waals surface area contributed by atoms with Crippen LogP contribution >= 0.6 is 0 Å². The first-order valence-electron chi connectivity index (χ1n) is 6.48. The molecule has 1 saturated heterocycles. The lowest BCUT2D eigenvalue weighted by Crippen LogP contribution is -2.20. The summed E-state index contributed by atoms with van der Waals surface area (Å²) in [5.41, 5.74) is 3.50. The van der Waals surface area contributed by atoms with Crippen molar-refractivity contribution in [3.8, 4) is 0 Å². The molecule has 21 heavy (non-hydrogen) atoms. The van der Waals surface area contributed by atoms with Gasteiger partial charge in [-0.1, -0.05) is 6.08 Å². The fourth-order valence-corrected chi connectivity index (χ4v) is 1.80. The van der Waals surface area contributed by atoms with E-state index in [4.69, 9.17) is 9.47 Å². The molecule has 1 aliphatic heterocycles. The standard InChI is InChI=1S/C14H17N3O4/c1-14(2)20-10-13(21-14)4-3-9-15-16-11-5-7-12(8-6-11)17(18)19/h3-9,13,16H,10H2,1-2H3. The van der Waals surface area contributed by atoms with Gasteiger partial charge in [0.2, 0.25) is 0 Å². The zero-order chi connectivity index (χ0) is 15.3. The van der Waals surface area contributed by atoms with E-state index in [0.717, 1.165) is 0 Å². The highest BCUT2D eigenvalue weighted by atomic mass is 16.7. The van der Waals surface area contributed by atoms with Gasteiger partial charge >= 0.3 is 0 Å². The maximum atomic E-state index is 10.5. The van der Waals surface area contributed by atoms with Crippen molar-refractivity contribution in [1.82, 2.24) is 0 Å². The topological polar surface area (TPSA) is 86.0 Å². The van der Waals surface area contributed by atoms with Gasteiger partial charge in [0.05, 0.1) is 17.2 Å². The smallest absolute Gasteiger partial charge is 0.269 e. The lowest BCUT2D eigenvalue weighted by Gasteiger charge is -2.15. The minimum Gasteiger partial charge on any atom is -0.347 e. The number of hydrogen-bond donors (Lipinski definition) is 1. The van der Waals surface area contributed by atoms with E-state index in [1.54, 1.807) is 24.4 Å². The molecule has 1 aromatic carbocycles. The quantitative estimate of drug-likeness (QED) is 0.512. The third kappa shape index (κ3) is 4.66. The average Bonchev–Trinajstić information content (AvgIpc) is 2.78. The Morgan fingerprint density at radius 3 is 2.71 bits per heavy atom. The van der Waals surface area contributed by atoms with Crippen LogP contribution < -0.4 is 5.43 Å². The Balaban J connectivity index is 1.79. The van der Waals surface area contributed by atoms with Gasteiger partial charge in [0.1, 0.15) is 6.10 Å². The van der Waals surface area contributed by atoms with Crippen LogP contribution in [0.1, 0.15) is 13.8 Å². The molecular formula is C14H17N3O4. The van der Waals surface area contributed by atoms with Crippen LogP contribution in [0.25, 0.3) is 0 Å². The average molecular weight is 291 g/mol. The van der Waals surface area contributed by atoms with Gasteiger partial charge in [0.15, 0.2) is 5.79 Å². The van der Waals surface area contributed by atoms with E-state index in [1.165, 1.54) is 12.1 Å². The van der Waals surface area contributed by atoms with E-state index in [2.05, 4.69) is 10.5 Å². The first-order chi connectivity index (χ1) is 9.96. The second-order valence-corrected chi connectivity index (χ2v) is 4.95. The molecule has 7 heteroatoms. The number of benzene rings is 1. The number of nitrogens with zero attached hydrogens (tertiary/aromatic N) is 2. The highest BCUT2D eigenvalue weighted by molar-refractivity contribution is 5.72. The monoisotopic (exact) mass is 291 g/mol. The van der Waals surface area contributed by atoms with E-state index < -0.39 is 10.7 Å². The first kappa shape index (κ1) is 15.1. The van der Waals surface area contributed by atoms with Crippen LogP contribution in [-0.4, -0.2) is 29.6 Å². The Morgan fingerprint density at radius 1 is 1.43 bits per heavy atom. The van der Waals surface area contributed by atoms with Crippen molar-refractivity contribution in [2.45, 2.75) is 25.7 Å². The van der Waals surface area contributed by atoms with Crippen LogP contribution in [0.15, 0.2) is 41.5 Å². The van der Waals surface area contributed by atoms with E-state index in [0.29, 0.717) is 12.3 Å². The summed E-state index contributed by atoms with van der Waals surface area (Å²) in [5.74, 6) is -0.539. The van der Waals surface area contributed by atoms with Gasteiger partial charge in [-0.15, -0.1) is 0 Å². The van der Waals surface area contributed by atoms with Gasteiger partial charge in [0, 0.05) is 18.3 Å². The molecule has 7 nitrogen and oxygen atoms in total. The Bertz CT molecular complexity index is 552. The molecule has 1 N–H and O–H groups in total. The van der Waals surface area contributed by atoms with Gasteiger partial charge in [-0.05, 0) is 32.1 Å². The zero-order valence-electron chi connectivity index (χ0n) is 11.9. The van der Waals surface area contributed by atoms with Gasteiger partial charge in [-0.3, -0.25) is 15.5 Å². The lowest BCUT2D eigenvalue weighted by molar-refractivity contribution is -0.384. The third-order valence-electron chi connectivity index (χ3n) is 2.79. The number of nitro benzene ring substituents is 1. The molecule has 1 aromatic rings. The molecule has 112 valence electrons. The highest BCUT2D eigenvalue weighted by Gasteiger charge is 2.30. The maximum absolute atomic E-state index is 10.5. The molecule has 0 amide bonds. The maximum Gasteiger partial charge on any atom is 0.269 e. The molecular weight excluding hydrogens is 274 g/mol. The van der Waals surface area contributed by atoms with Crippen molar-refractivity contribution in [1.29, 1.82) is 0 Å². The second-order valence-electron chi connectivity index (χ2n) is 4.95. The first-order valence-corrected chi connectivity index (χ1v) is 6.48. The van der Waals surface area contributed by atoms with Crippen LogP contribution in [0.5, 0.6) is 0 Å². The van der Waals surface area contributed by atoms with Crippen LogP contribution in [0.2, 0.25) is 0 Å². The SMILES string of the molecule is CC1(C)OCC(C=CC=NNc2ccc([N+](=O)[O-])cc2)O1. The van der Waals surface area contributed by atoms with E-state index in [-0.39, 0.29) is 11.8 Å². The van der Waals surface area contributed by atoms with Crippen molar-refractivity contribution >= 4 is 17.6 Å². The highest BCUT2D eigenvalue weighted by Crippen LogP contribution is 2.22. The molecule has 0 radical (unpaired) electrons. The zero-order valence-corrected chi connectivity index (χ0v) is 11.9. The summed E-state index contributed by atoms with van der Waals surface area (Å²) in [6, 6.07) is 6.02.